The van der Waals surface area contributed by atoms with Crippen LogP contribution in [0.25, 0.3) is 0 Å². The summed E-state index contributed by atoms with van der Waals surface area (Å²) < 4.78 is 6.52. The van der Waals surface area contributed by atoms with Gasteiger partial charge in [0.2, 0.25) is 0 Å². The van der Waals surface area contributed by atoms with Crippen LogP contribution in [-0.2, 0) is 0 Å². The van der Waals surface area contributed by atoms with Crippen LogP contribution < -0.4 is 10.5 Å². The molecule has 0 spiro atoms. The molecule has 5 heteroatoms. The molecule has 1 aromatic heterocycles. The van der Waals surface area contributed by atoms with E-state index in [2.05, 4.69) is 20.9 Å². The Balaban J connectivity index is 2.37. The molecule has 0 aliphatic heterocycles. The summed E-state index contributed by atoms with van der Waals surface area (Å²) in [6.45, 7) is 1.94. The number of ether oxygens (including phenoxy) is 1. The molecule has 1 heterocycles. The van der Waals surface area contributed by atoms with E-state index in [4.69, 9.17) is 15.9 Å². The maximum atomic E-state index is 7.55. The summed E-state index contributed by atoms with van der Waals surface area (Å²) in [5.74, 6) is 1.13. The monoisotopic (exact) mass is 305 g/mol. The quantitative estimate of drug-likeness (QED) is 0.675. The van der Waals surface area contributed by atoms with Gasteiger partial charge in [-0.15, -0.1) is 0 Å². The molecule has 0 amide bonds. The third-order valence-electron chi connectivity index (χ3n) is 2.33. The van der Waals surface area contributed by atoms with Crippen LogP contribution in [0.1, 0.15) is 11.1 Å². The number of hydrogen-bond acceptors (Lipinski definition) is 3. The van der Waals surface area contributed by atoms with Gasteiger partial charge in [-0.2, -0.15) is 0 Å². The molecule has 0 saturated heterocycles. The average Bonchev–Trinajstić information content (AvgIpc) is 2.31. The lowest BCUT2D eigenvalue weighted by Gasteiger charge is -2.10. The van der Waals surface area contributed by atoms with Crippen molar-refractivity contribution in [1.82, 2.24) is 4.98 Å². The molecule has 2 aromatic rings. The summed E-state index contributed by atoms with van der Waals surface area (Å²) >= 11 is 3.33. The average molecular weight is 306 g/mol. The number of amidine groups is 1. The number of nitrogens with zero attached hydrogens (tertiary/aromatic N) is 1. The maximum absolute atomic E-state index is 7.55. The normalized spacial score (nSPS) is 10.1. The van der Waals surface area contributed by atoms with Gasteiger partial charge >= 0.3 is 0 Å². The highest BCUT2D eigenvalue weighted by atomic mass is 79.9. The molecule has 0 aliphatic rings. The lowest BCUT2D eigenvalue weighted by atomic mass is 10.1. The molecule has 0 saturated carbocycles. The second-order valence-corrected chi connectivity index (χ2v) is 4.77. The Morgan fingerprint density at radius 2 is 2.11 bits per heavy atom. The van der Waals surface area contributed by atoms with Crippen molar-refractivity contribution in [2.24, 2.45) is 5.73 Å². The Labute approximate surface area is 113 Å². The number of nitrogens with two attached hydrogens (primary N) is 1. The van der Waals surface area contributed by atoms with Gasteiger partial charge in [0, 0.05) is 10.7 Å². The minimum atomic E-state index is -0.0170. The van der Waals surface area contributed by atoms with Gasteiger partial charge in [0.1, 0.15) is 17.3 Å². The van der Waals surface area contributed by atoms with Crippen molar-refractivity contribution in [3.63, 3.8) is 0 Å². The van der Waals surface area contributed by atoms with E-state index in [0.717, 1.165) is 10.0 Å². The molecule has 0 fully saturated rings. The largest absolute Gasteiger partial charge is 0.455 e. The third kappa shape index (κ3) is 2.87. The van der Waals surface area contributed by atoms with Crippen LogP contribution in [0.4, 0.5) is 0 Å². The van der Waals surface area contributed by atoms with Crippen LogP contribution in [-0.4, -0.2) is 10.8 Å². The van der Waals surface area contributed by atoms with Crippen LogP contribution in [0.5, 0.6) is 11.5 Å². The van der Waals surface area contributed by atoms with Crippen LogP contribution >= 0.6 is 15.9 Å². The van der Waals surface area contributed by atoms with E-state index >= 15 is 0 Å². The standard InChI is InChI=1S/C13H12BrN3O/c1-8-2-3-12(11(4-8)13(15)16)18-10-5-9(14)6-17-7-10/h2-7H,1H3,(H3,15,16). The second-order valence-electron chi connectivity index (χ2n) is 3.85. The zero-order valence-electron chi connectivity index (χ0n) is 9.77. The molecule has 0 radical (unpaired) electrons. The number of aromatic nitrogens is 1. The Morgan fingerprint density at radius 3 is 2.78 bits per heavy atom. The van der Waals surface area contributed by atoms with Gasteiger partial charge in [0.15, 0.2) is 0 Å². The van der Waals surface area contributed by atoms with Gasteiger partial charge in [0.25, 0.3) is 0 Å². The maximum Gasteiger partial charge on any atom is 0.146 e. The van der Waals surface area contributed by atoms with Crippen molar-refractivity contribution in [3.05, 3.63) is 52.3 Å². The molecule has 3 N–H and O–H groups in total. The number of rotatable bonds is 3. The van der Waals surface area contributed by atoms with Gasteiger partial charge in [-0.25, -0.2) is 0 Å². The molecular formula is C13H12BrN3O. The summed E-state index contributed by atoms with van der Waals surface area (Å²) in [6.07, 6.45) is 3.28. The Hall–Kier alpha value is -1.88. The van der Waals surface area contributed by atoms with Crippen molar-refractivity contribution >= 4 is 21.8 Å². The molecule has 18 heavy (non-hydrogen) atoms. The summed E-state index contributed by atoms with van der Waals surface area (Å²) in [5, 5.41) is 7.55. The highest BCUT2D eigenvalue weighted by Gasteiger charge is 2.08. The molecule has 0 atom stereocenters. The molecule has 92 valence electrons. The number of pyridine rings is 1. The number of hydrogen-bond donors (Lipinski definition) is 2. The van der Waals surface area contributed by atoms with E-state index in [0.29, 0.717) is 17.1 Å². The van der Waals surface area contributed by atoms with Gasteiger partial charge in [0.05, 0.1) is 11.8 Å². The van der Waals surface area contributed by atoms with E-state index in [1.54, 1.807) is 24.5 Å². The van der Waals surface area contributed by atoms with Gasteiger partial charge in [-0.05, 0) is 41.1 Å². The Morgan fingerprint density at radius 1 is 1.33 bits per heavy atom. The van der Waals surface area contributed by atoms with E-state index in [9.17, 15) is 0 Å². The van der Waals surface area contributed by atoms with E-state index in [-0.39, 0.29) is 5.84 Å². The number of nitrogens with one attached hydrogen (secondary N) is 1. The highest BCUT2D eigenvalue weighted by molar-refractivity contribution is 9.10. The minimum absolute atomic E-state index is 0.0170. The second kappa shape index (κ2) is 5.18. The van der Waals surface area contributed by atoms with Gasteiger partial charge < -0.3 is 10.5 Å². The zero-order chi connectivity index (χ0) is 13.1. The predicted octanol–water partition coefficient (Wildman–Crippen LogP) is 3.23. The summed E-state index contributed by atoms with van der Waals surface area (Å²) in [6, 6.07) is 7.33. The first-order valence-corrected chi connectivity index (χ1v) is 6.09. The fourth-order valence-electron chi connectivity index (χ4n) is 1.52. The van der Waals surface area contributed by atoms with Crippen molar-refractivity contribution in [3.8, 4) is 11.5 Å². The van der Waals surface area contributed by atoms with E-state index in [1.165, 1.54) is 0 Å². The van der Waals surface area contributed by atoms with Crippen molar-refractivity contribution < 1.29 is 4.74 Å². The minimum Gasteiger partial charge on any atom is -0.455 e. The van der Waals surface area contributed by atoms with Crippen molar-refractivity contribution in [2.75, 3.05) is 0 Å². The molecule has 0 bridgehead atoms. The van der Waals surface area contributed by atoms with Crippen LogP contribution in [0.3, 0.4) is 0 Å². The Bertz CT molecular complexity index is 599. The van der Waals surface area contributed by atoms with Gasteiger partial charge in [-0.1, -0.05) is 11.6 Å². The fraction of sp³-hybridized carbons (Fsp3) is 0.0769. The van der Waals surface area contributed by atoms with E-state index in [1.807, 2.05) is 19.1 Å². The molecule has 1 aromatic carbocycles. The Kier molecular flexibility index (Phi) is 3.62. The van der Waals surface area contributed by atoms with Crippen molar-refractivity contribution in [1.29, 1.82) is 5.41 Å². The SMILES string of the molecule is Cc1ccc(Oc2cncc(Br)c2)c(C(=N)N)c1. The predicted molar refractivity (Wildman–Crippen MR) is 74.2 cm³/mol. The molecule has 2 rings (SSSR count). The molecule has 0 aliphatic carbocycles. The summed E-state index contributed by atoms with van der Waals surface area (Å²) in [7, 11) is 0. The van der Waals surface area contributed by atoms with Crippen LogP contribution in [0.15, 0.2) is 41.1 Å². The number of halogens is 1. The van der Waals surface area contributed by atoms with Crippen LogP contribution in [0, 0.1) is 12.3 Å². The number of benzene rings is 1. The molecular weight excluding hydrogens is 294 g/mol. The fourth-order valence-corrected chi connectivity index (χ4v) is 1.86. The molecule has 0 unspecified atom stereocenters. The first-order chi connectivity index (χ1) is 8.56. The number of nitrogen functional groups attached to an aromatic ring is 1. The third-order valence-corrected chi connectivity index (χ3v) is 2.77. The summed E-state index contributed by atoms with van der Waals surface area (Å²) in [4.78, 5) is 4.02. The zero-order valence-corrected chi connectivity index (χ0v) is 11.4. The first kappa shape index (κ1) is 12.6. The highest BCUT2D eigenvalue weighted by Crippen LogP contribution is 2.27. The smallest absolute Gasteiger partial charge is 0.146 e. The van der Waals surface area contributed by atoms with Crippen molar-refractivity contribution in [2.45, 2.75) is 6.92 Å². The first-order valence-electron chi connectivity index (χ1n) is 5.30. The number of aryl methyl sites for hydroxylation is 1. The summed E-state index contributed by atoms with van der Waals surface area (Å²) in [5.41, 5.74) is 7.15. The van der Waals surface area contributed by atoms with Crippen LogP contribution in [0.2, 0.25) is 0 Å². The lowest BCUT2D eigenvalue weighted by Crippen LogP contribution is -2.12. The topological polar surface area (TPSA) is 72.0 Å². The molecule has 4 nitrogen and oxygen atoms in total. The van der Waals surface area contributed by atoms with Gasteiger partial charge in [-0.3, -0.25) is 10.4 Å². The van der Waals surface area contributed by atoms with E-state index < -0.39 is 0 Å². The lowest BCUT2D eigenvalue weighted by molar-refractivity contribution is 0.478.